The number of benzene rings is 1. The number of pyridine rings is 1. The van der Waals surface area contributed by atoms with Gasteiger partial charge in [-0.2, -0.15) is 0 Å². The van der Waals surface area contributed by atoms with E-state index in [4.69, 9.17) is 11.6 Å². The molecular formula is C14H12ClF2N3O. The third-order valence-electron chi connectivity index (χ3n) is 2.68. The second-order valence-electron chi connectivity index (χ2n) is 4.51. The van der Waals surface area contributed by atoms with Crippen molar-refractivity contribution in [3.63, 3.8) is 0 Å². The lowest BCUT2D eigenvalue weighted by atomic mass is 10.2. The van der Waals surface area contributed by atoms with E-state index >= 15 is 0 Å². The summed E-state index contributed by atoms with van der Waals surface area (Å²) in [6.07, 6.45) is 0. The first-order valence-electron chi connectivity index (χ1n) is 5.98. The van der Waals surface area contributed by atoms with Crippen molar-refractivity contribution in [2.75, 3.05) is 24.3 Å². The van der Waals surface area contributed by atoms with Crippen LogP contribution < -0.4 is 10.2 Å². The third-order valence-corrected chi connectivity index (χ3v) is 2.87. The van der Waals surface area contributed by atoms with Crippen molar-refractivity contribution in [3.05, 3.63) is 52.7 Å². The van der Waals surface area contributed by atoms with E-state index in [0.29, 0.717) is 11.9 Å². The van der Waals surface area contributed by atoms with E-state index in [0.717, 1.165) is 12.1 Å². The fourth-order valence-corrected chi connectivity index (χ4v) is 1.83. The van der Waals surface area contributed by atoms with Gasteiger partial charge in [-0.25, -0.2) is 13.8 Å². The van der Waals surface area contributed by atoms with Crippen LogP contribution in [0.2, 0.25) is 5.15 Å². The standard InChI is InChI=1S/C14H12ClF2N3O/c1-20(2)13-6-8(5-12(15)19-13)14(21)18-11-4-3-9(16)7-10(11)17/h3-7H,1-2H3,(H,18,21). The van der Waals surface area contributed by atoms with Gasteiger partial charge in [0.05, 0.1) is 5.69 Å². The molecular weight excluding hydrogens is 300 g/mol. The molecule has 0 saturated carbocycles. The van der Waals surface area contributed by atoms with Crippen molar-refractivity contribution in [3.8, 4) is 0 Å². The van der Waals surface area contributed by atoms with E-state index in [9.17, 15) is 13.6 Å². The molecule has 1 aromatic carbocycles. The fraction of sp³-hybridized carbons (Fsp3) is 0.143. The van der Waals surface area contributed by atoms with Gasteiger partial charge in [-0.1, -0.05) is 11.6 Å². The summed E-state index contributed by atoms with van der Waals surface area (Å²) in [5, 5.41) is 2.51. The second-order valence-corrected chi connectivity index (χ2v) is 4.90. The Morgan fingerprint density at radius 1 is 1.24 bits per heavy atom. The number of hydrogen-bond acceptors (Lipinski definition) is 3. The average molecular weight is 312 g/mol. The summed E-state index contributed by atoms with van der Waals surface area (Å²) < 4.78 is 26.3. The molecule has 1 amide bonds. The van der Waals surface area contributed by atoms with Gasteiger partial charge >= 0.3 is 0 Å². The maximum atomic E-state index is 13.5. The van der Waals surface area contributed by atoms with Crippen molar-refractivity contribution in [1.82, 2.24) is 4.98 Å². The summed E-state index contributed by atoms with van der Waals surface area (Å²) in [6, 6.07) is 5.79. The maximum Gasteiger partial charge on any atom is 0.255 e. The van der Waals surface area contributed by atoms with Crippen molar-refractivity contribution < 1.29 is 13.6 Å². The molecule has 0 aliphatic carbocycles. The average Bonchev–Trinajstić information content (AvgIpc) is 2.41. The molecule has 2 rings (SSSR count). The lowest BCUT2D eigenvalue weighted by Crippen LogP contribution is -2.16. The first-order valence-corrected chi connectivity index (χ1v) is 6.36. The first kappa shape index (κ1) is 15.2. The number of anilines is 2. The number of nitrogens with zero attached hydrogens (tertiary/aromatic N) is 2. The van der Waals surface area contributed by atoms with Crippen molar-refractivity contribution in [1.29, 1.82) is 0 Å². The highest BCUT2D eigenvalue weighted by atomic mass is 35.5. The highest BCUT2D eigenvalue weighted by Crippen LogP contribution is 2.19. The van der Waals surface area contributed by atoms with Gasteiger partial charge in [0.15, 0.2) is 0 Å². The molecule has 7 heteroatoms. The summed E-state index contributed by atoms with van der Waals surface area (Å²) in [6.45, 7) is 0. The van der Waals surface area contributed by atoms with Gasteiger partial charge in [-0.15, -0.1) is 0 Å². The summed E-state index contributed by atoms with van der Waals surface area (Å²) in [5.41, 5.74) is 0.114. The number of aromatic nitrogens is 1. The molecule has 0 atom stereocenters. The van der Waals surface area contributed by atoms with Crippen LogP contribution in [0.25, 0.3) is 0 Å². The van der Waals surface area contributed by atoms with Gasteiger partial charge in [0, 0.05) is 25.7 Å². The van der Waals surface area contributed by atoms with E-state index in [1.807, 2.05) is 0 Å². The van der Waals surface area contributed by atoms with Gasteiger partial charge in [0.25, 0.3) is 5.91 Å². The van der Waals surface area contributed by atoms with Crippen molar-refractivity contribution in [2.24, 2.45) is 0 Å². The normalized spacial score (nSPS) is 10.3. The molecule has 0 aliphatic rings. The molecule has 110 valence electrons. The zero-order valence-corrected chi connectivity index (χ0v) is 12.1. The minimum Gasteiger partial charge on any atom is -0.363 e. The Bertz CT molecular complexity index is 692. The predicted molar refractivity (Wildman–Crippen MR) is 77.9 cm³/mol. The van der Waals surface area contributed by atoms with Crippen LogP contribution in [0.15, 0.2) is 30.3 Å². The summed E-state index contributed by atoms with van der Waals surface area (Å²) in [5.74, 6) is -1.64. The van der Waals surface area contributed by atoms with Crippen LogP contribution in [-0.2, 0) is 0 Å². The van der Waals surface area contributed by atoms with Crippen LogP contribution >= 0.6 is 11.6 Å². The number of carbonyl (C=O) groups excluding carboxylic acids is 1. The minimum atomic E-state index is -0.851. The third kappa shape index (κ3) is 3.66. The molecule has 0 spiro atoms. The predicted octanol–water partition coefficient (Wildman–Crippen LogP) is 3.33. The van der Waals surface area contributed by atoms with Crippen molar-refractivity contribution >= 4 is 29.0 Å². The van der Waals surface area contributed by atoms with E-state index in [-0.39, 0.29) is 16.4 Å². The molecule has 0 saturated heterocycles. The lowest BCUT2D eigenvalue weighted by Gasteiger charge is -2.13. The van der Waals surface area contributed by atoms with Crippen LogP contribution in [0.3, 0.4) is 0 Å². The summed E-state index contributed by atoms with van der Waals surface area (Å²) in [7, 11) is 3.50. The van der Waals surface area contributed by atoms with E-state index in [2.05, 4.69) is 10.3 Å². The molecule has 1 N–H and O–H groups in total. The largest absolute Gasteiger partial charge is 0.363 e. The molecule has 0 unspecified atom stereocenters. The molecule has 2 aromatic rings. The Balaban J connectivity index is 2.28. The lowest BCUT2D eigenvalue weighted by molar-refractivity contribution is 0.102. The van der Waals surface area contributed by atoms with Crippen LogP contribution in [-0.4, -0.2) is 25.0 Å². The van der Waals surface area contributed by atoms with E-state index in [1.165, 1.54) is 12.1 Å². The number of hydrogen-bond donors (Lipinski definition) is 1. The molecule has 0 aliphatic heterocycles. The number of carbonyl (C=O) groups is 1. The van der Waals surface area contributed by atoms with Crippen LogP contribution in [0, 0.1) is 11.6 Å². The number of amides is 1. The van der Waals surface area contributed by atoms with Gasteiger partial charge in [0.2, 0.25) is 0 Å². The Morgan fingerprint density at radius 3 is 2.57 bits per heavy atom. The highest BCUT2D eigenvalue weighted by Gasteiger charge is 2.13. The summed E-state index contributed by atoms with van der Waals surface area (Å²) in [4.78, 5) is 17.8. The van der Waals surface area contributed by atoms with Gasteiger partial charge in [-0.05, 0) is 24.3 Å². The molecule has 1 heterocycles. The second kappa shape index (κ2) is 6.05. The minimum absolute atomic E-state index is 0.110. The van der Waals surface area contributed by atoms with Crippen LogP contribution in [0.1, 0.15) is 10.4 Å². The topological polar surface area (TPSA) is 45.2 Å². The molecule has 0 radical (unpaired) electrons. The maximum absolute atomic E-state index is 13.5. The zero-order valence-electron chi connectivity index (χ0n) is 11.3. The van der Waals surface area contributed by atoms with E-state index < -0.39 is 17.5 Å². The zero-order chi connectivity index (χ0) is 15.6. The van der Waals surface area contributed by atoms with Crippen molar-refractivity contribution in [2.45, 2.75) is 0 Å². The van der Waals surface area contributed by atoms with E-state index in [1.54, 1.807) is 19.0 Å². The van der Waals surface area contributed by atoms with Crippen LogP contribution in [0.5, 0.6) is 0 Å². The Kier molecular flexibility index (Phi) is 4.37. The smallest absolute Gasteiger partial charge is 0.255 e. The SMILES string of the molecule is CN(C)c1cc(C(=O)Nc2ccc(F)cc2F)cc(Cl)n1. The number of nitrogens with one attached hydrogen (secondary N) is 1. The molecule has 21 heavy (non-hydrogen) atoms. The van der Waals surface area contributed by atoms with Gasteiger partial charge in [-0.3, -0.25) is 4.79 Å². The quantitative estimate of drug-likeness (QED) is 0.884. The molecule has 0 bridgehead atoms. The monoisotopic (exact) mass is 311 g/mol. The molecule has 4 nitrogen and oxygen atoms in total. The Hall–Kier alpha value is -2.21. The number of halogens is 3. The Morgan fingerprint density at radius 2 is 1.95 bits per heavy atom. The van der Waals surface area contributed by atoms with Gasteiger partial charge < -0.3 is 10.2 Å². The molecule has 1 aromatic heterocycles. The van der Waals surface area contributed by atoms with Gasteiger partial charge in [0.1, 0.15) is 22.6 Å². The highest BCUT2D eigenvalue weighted by molar-refractivity contribution is 6.30. The Labute approximate surface area is 125 Å². The summed E-state index contributed by atoms with van der Waals surface area (Å²) >= 11 is 5.85. The fourth-order valence-electron chi connectivity index (χ4n) is 1.63. The van der Waals surface area contributed by atoms with Crippen LogP contribution in [0.4, 0.5) is 20.3 Å². The number of rotatable bonds is 3. The first-order chi connectivity index (χ1) is 9.86. The molecule has 0 fully saturated rings.